The van der Waals surface area contributed by atoms with Gasteiger partial charge in [0, 0.05) is 17.4 Å². The summed E-state index contributed by atoms with van der Waals surface area (Å²) >= 11 is 0. The quantitative estimate of drug-likeness (QED) is 0.664. The zero-order valence-corrected chi connectivity index (χ0v) is 9.39. The fourth-order valence-electron chi connectivity index (χ4n) is 3.39. The van der Waals surface area contributed by atoms with E-state index in [1.54, 1.807) is 0 Å². The Labute approximate surface area is 100 Å². The van der Waals surface area contributed by atoms with Gasteiger partial charge in [-0.05, 0) is 23.1 Å². The first-order valence-electron chi connectivity index (χ1n) is 6.08. The van der Waals surface area contributed by atoms with Crippen LogP contribution in [0, 0.1) is 0 Å². The third-order valence-electron chi connectivity index (χ3n) is 4.14. The van der Waals surface area contributed by atoms with E-state index in [1.165, 1.54) is 16.7 Å². The standard InChI is InChI=1S/C16H12O/c17-16-13-8-4-3-7-12(13)14-9-15(16)11-6-2-1-5-10(11)14/h1-8,14-15H,9H2/t14-,15+/m0/s1. The second-order valence-corrected chi connectivity index (χ2v) is 4.92. The number of rotatable bonds is 0. The molecule has 0 heterocycles. The van der Waals surface area contributed by atoms with Crippen LogP contribution >= 0.6 is 0 Å². The number of hydrogen-bond donors (Lipinski definition) is 0. The molecule has 0 spiro atoms. The first-order chi connectivity index (χ1) is 8.36. The molecule has 0 aliphatic heterocycles. The third-order valence-corrected chi connectivity index (χ3v) is 4.14. The molecular weight excluding hydrogens is 208 g/mol. The first kappa shape index (κ1) is 9.17. The van der Waals surface area contributed by atoms with Crippen LogP contribution in [0.2, 0.25) is 0 Å². The molecule has 2 aliphatic carbocycles. The van der Waals surface area contributed by atoms with Gasteiger partial charge in [-0.1, -0.05) is 48.5 Å². The molecule has 0 unspecified atom stereocenters. The Bertz CT molecular complexity index is 627. The van der Waals surface area contributed by atoms with Gasteiger partial charge in [-0.25, -0.2) is 0 Å². The van der Waals surface area contributed by atoms with Crippen molar-refractivity contribution in [2.75, 3.05) is 0 Å². The number of ketones is 1. The van der Waals surface area contributed by atoms with Gasteiger partial charge in [0.05, 0.1) is 0 Å². The maximum absolute atomic E-state index is 12.4. The normalized spacial score (nSPS) is 24.4. The SMILES string of the molecule is O=C1c2ccccc2[C@H]2C[C@@H]1c1ccccc12. The van der Waals surface area contributed by atoms with E-state index in [4.69, 9.17) is 0 Å². The summed E-state index contributed by atoms with van der Waals surface area (Å²) in [6.45, 7) is 0. The van der Waals surface area contributed by atoms with Crippen LogP contribution in [0.5, 0.6) is 0 Å². The minimum absolute atomic E-state index is 0.103. The van der Waals surface area contributed by atoms with Crippen molar-refractivity contribution in [2.24, 2.45) is 0 Å². The molecule has 82 valence electrons. The van der Waals surface area contributed by atoms with Gasteiger partial charge in [-0.3, -0.25) is 4.79 Å². The van der Waals surface area contributed by atoms with E-state index in [-0.39, 0.29) is 5.92 Å². The Hall–Kier alpha value is -1.89. The molecule has 0 amide bonds. The Morgan fingerprint density at radius 2 is 1.35 bits per heavy atom. The highest BCUT2D eigenvalue weighted by Crippen LogP contribution is 2.51. The maximum atomic E-state index is 12.4. The van der Waals surface area contributed by atoms with Crippen LogP contribution in [0.15, 0.2) is 48.5 Å². The summed E-state index contributed by atoms with van der Waals surface area (Å²) in [7, 11) is 0. The van der Waals surface area contributed by atoms with Crippen molar-refractivity contribution in [1.82, 2.24) is 0 Å². The Balaban J connectivity index is 2.04. The summed E-state index contributed by atoms with van der Waals surface area (Å²) in [6.07, 6.45) is 0.967. The van der Waals surface area contributed by atoms with E-state index in [0.717, 1.165) is 12.0 Å². The van der Waals surface area contributed by atoms with Crippen molar-refractivity contribution in [2.45, 2.75) is 18.3 Å². The molecule has 1 nitrogen and oxygen atoms in total. The van der Waals surface area contributed by atoms with E-state index in [1.807, 2.05) is 24.3 Å². The predicted octanol–water partition coefficient (Wildman–Crippen LogP) is 3.50. The Morgan fingerprint density at radius 1 is 0.765 bits per heavy atom. The molecule has 0 aromatic heterocycles. The second-order valence-electron chi connectivity index (χ2n) is 4.92. The van der Waals surface area contributed by atoms with E-state index >= 15 is 0 Å². The van der Waals surface area contributed by atoms with Gasteiger partial charge in [0.15, 0.2) is 5.78 Å². The number of carbonyl (C=O) groups is 1. The number of carbonyl (C=O) groups excluding carboxylic acids is 1. The Kier molecular flexibility index (Phi) is 1.66. The zero-order chi connectivity index (χ0) is 11.4. The van der Waals surface area contributed by atoms with Gasteiger partial charge in [0.2, 0.25) is 0 Å². The Morgan fingerprint density at radius 3 is 2.12 bits per heavy atom. The maximum Gasteiger partial charge on any atom is 0.170 e. The highest BCUT2D eigenvalue weighted by Gasteiger charge is 2.42. The molecule has 2 aromatic carbocycles. The molecule has 0 saturated carbocycles. The average Bonchev–Trinajstić information content (AvgIpc) is 2.73. The second kappa shape index (κ2) is 3.07. The highest BCUT2D eigenvalue weighted by molar-refractivity contribution is 6.05. The summed E-state index contributed by atoms with van der Waals surface area (Å²) in [6, 6.07) is 16.5. The summed E-state index contributed by atoms with van der Waals surface area (Å²) in [5.41, 5.74) is 4.76. The van der Waals surface area contributed by atoms with Gasteiger partial charge < -0.3 is 0 Å². The molecule has 2 aliphatic rings. The molecule has 1 heteroatoms. The largest absolute Gasteiger partial charge is 0.293 e. The first-order valence-corrected chi connectivity index (χ1v) is 6.08. The predicted molar refractivity (Wildman–Crippen MR) is 66.4 cm³/mol. The molecule has 0 N–H and O–H groups in total. The summed E-state index contributed by atoms with van der Waals surface area (Å²) in [4.78, 5) is 12.4. The molecule has 2 bridgehead atoms. The van der Waals surface area contributed by atoms with E-state index < -0.39 is 0 Å². The monoisotopic (exact) mass is 220 g/mol. The van der Waals surface area contributed by atoms with Gasteiger partial charge in [-0.2, -0.15) is 0 Å². The van der Waals surface area contributed by atoms with Crippen molar-refractivity contribution in [3.8, 4) is 0 Å². The van der Waals surface area contributed by atoms with E-state index in [0.29, 0.717) is 11.7 Å². The van der Waals surface area contributed by atoms with Crippen LogP contribution in [0.4, 0.5) is 0 Å². The van der Waals surface area contributed by atoms with Gasteiger partial charge >= 0.3 is 0 Å². The lowest BCUT2D eigenvalue weighted by atomic mass is 9.80. The molecule has 0 saturated heterocycles. The summed E-state index contributed by atoms with van der Waals surface area (Å²) in [5.74, 6) is 0.845. The molecule has 0 fully saturated rings. The van der Waals surface area contributed by atoms with Crippen LogP contribution in [0.25, 0.3) is 0 Å². The molecule has 4 rings (SSSR count). The van der Waals surface area contributed by atoms with Crippen molar-refractivity contribution in [3.05, 3.63) is 70.8 Å². The topological polar surface area (TPSA) is 17.1 Å². The van der Waals surface area contributed by atoms with Crippen molar-refractivity contribution in [1.29, 1.82) is 0 Å². The van der Waals surface area contributed by atoms with Crippen molar-refractivity contribution >= 4 is 5.78 Å². The molecule has 2 atom stereocenters. The van der Waals surface area contributed by atoms with Crippen LogP contribution in [0.1, 0.15) is 45.3 Å². The summed E-state index contributed by atoms with van der Waals surface area (Å²) in [5, 5.41) is 0. The number of Topliss-reactive ketones (excluding diaryl/α,β-unsaturated/α-hetero) is 1. The summed E-state index contributed by atoms with van der Waals surface area (Å²) < 4.78 is 0. The minimum atomic E-state index is 0.103. The lowest BCUT2D eigenvalue weighted by Crippen LogP contribution is -2.17. The zero-order valence-electron chi connectivity index (χ0n) is 9.39. The fraction of sp³-hybridized carbons (Fsp3) is 0.188. The number of fused-ring (bicyclic) bond motifs is 7. The van der Waals surface area contributed by atoms with Crippen LogP contribution in [-0.2, 0) is 0 Å². The van der Waals surface area contributed by atoms with Gasteiger partial charge in [0.25, 0.3) is 0 Å². The average molecular weight is 220 g/mol. The molecule has 17 heavy (non-hydrogen) atoms. The number of benzene rings is 2. The third kappa shape index (κ3) is 1.06. The van der Waals surface area contributed by atoms with Gasteiger partial charge in [0.1, 0.15) is 0 Å². The molecule has 0 radical (unpaired) electrons. The van der Waals surface area contributed by atoms with E-state index in [2.05, 4.69) is 24.3 Å². The van der Waals surface area contributed by atoms with Crippen molar-refractivity contribution < 1.29 is 4.79 Å². The van der Waals surface area contributed by atoms with Gasteiger partial charge in [-0.15, -0.1) is 0 Å². The van der Waals surface area contributed by atoms with Crippen LogP contribution in [0.3, 0.4) is 0 Å². The highest BCUT2D eigenvalue weighted by atomic mass is 16.1. The fourth-order valence-corrected chi connectivity index (χ4v) is 3.39. The molecule has 2 aromatic rings. The lowest BCUT2D eigenvalue weighted by molar-refractivity contribution is 0.0950. The molecular formula is C16H12O. The van der Waals surface area contributed by atoms with Crippen molar-refractivity contribution in [3.63, 3.8) is 0 Å². The van der Waals surface area contributed by atoms with E-state index in [9.17, 15) is 4.79 Å². The minimum Gasteiger partial charge on any atom is -0.293 e. The smallest absolute Gasteiger partial charge is 0.170 e. The number of hydrogen-bond acceptors (Lipinski definition) is 1. The van der Waals surface area contributed by atoms with Crippen LogP contribution in [-0.4, -0.2) is 5.78 Å². The van der Waals surface area contributed by atoms with Crippen LogP contribution < -0.4 is 0 Å². The lowest BCUT2D eigenvalue weighted by Gasteiger charge is -2.21.